The molecule has 25 heavy (non-hydrogen) atoms. The van der Waals surface area contributed by atoms with E-state index in [1.165, 1.54) is 0 Å². The number of aromatic nitrogens is 3. The molecule has 2 atom stereocenters. The van der Waals surface area contributed by atoms with Crippen LogP contribution in [0.4, 0.5) is 4.79 Å². The van der Waals surface area contributed by atoms with Crippen LogP contribution in [0.1, 0.15) is 36.5 Å². The second kappa shape index (κ2) is 6.74. The number of fused-ring (bicyclic) bond motifs is 2. The zero-order chi connectivity index (χ0) is 17.2. The molecule has 0 saturated carbocycles. The van der Waals surface area contributed by atoms with Crippen LogP contribution in [-0.4, -0.2) is 40.0 Å². The van der Waals surface area contributed by atoms with Gasteiger partial charge in [-0.2, -0.15) is 0 Å². The largest absolute Gasteiger partial charge is 0.493 e. The molecular formula is C18H23N5O2. The number of ether oxygens (including phenoxy) is 1. The molecule has 2 aliphatic heterocycles. The van der Waals surface area contributed by atoms with E-state index in [2.05, 4.69) is 31.5 Å². The summed E-state index contributed by atoms with van der Waals surface area (Å²) in [4.78, 5) is 12.2. The van der Waals surface area contributed by atoms with Crippen molar-refractivity contribution in [1.29, 1.82) is 0 Å². The molecule has 0 spiro atoms. The predicted octanol–water partition coefficient (Wildman–Crippen LogP) is 1.63. The van der Waals surface area contributed by atoms with Crippen molar-refractivity contribution < 1.29 is 9.53 Å². The molecule has 3 heterocycles. The van der Waals surface area contributed by atoms with Gasteiger partial charge in [-0.3, -0.25) is 0 Å². The number of hydrogen-bond acceptors (Lipinski definition) is 4. The topological polar surface area (TPSA) is 81.1 Å². The number of carbonyl (C=O) groups is 1. The van der Waals surface area contributed by atoms with Gasteiger partial charge >= 0.3 is 6.03 Å². The number of para-hydroxylation sites is 1. The van der Waals surface area contributed by atoms with E-state index in [0.717, 1.165) is 42.3 Å². The molecule has 2 aromatic rings. The number of benzene rings is 1. The number of amides is 2. The Morgan fingerprint density at radius 2 is 2.28 bits per heavy atom. The van der Waals surface area contributed by atoms with Crippen LogP contribution in [0.2, 0.25) is 0 Å². The van der Waals surface area contributed by atoms with Crippen LogP contribution in [-0.2, 0) is 19.4 Å². The van der Waals surface area contributed by atoms with Crippen molar-refractivity contribution in [3.8, 4) is 5.75 Å². The van der Waals surface area contributed by atoms with Gasteiger partial charge in [-0.25, -0.2) is 4.79 Å². The molecule has 132 valence electrons. The van der Waals surface area contributed by atoms with Gasteiger partial charge in [-0.15, -0.1) is 10.2 Å². The summed E-state index contributed by atoms with van der Waals surface area (Å²) in [7, 11) is 0. The Bertz CT molecular complexity index is 773. The van der Waals surface area contributed by atoms with E-state index in [9.17, 15) is 4.79 Å². The number of nitrogens with zero attached hydrogens (tertiary/aromatic N) is 3. The number of urea groups is 1. The molecule has 0 fully saturated rings. The fourth-order valence-corrected chi connectivity index (χ4v) is 3.64. The lowest BCUT2D eigenvalue weighted by atomic mass is 9.94. The van der Waals surface area contributed by atoms with Gasteiger partial charge in [0.05, 0.1) is 6.61 Å². The second-order valence-electron chi connectivity index (χ2n) is 6.68. The molecule has 2 amide bonds. The minimum absolute atomic E-state index is 0.000916. The maximum Gasteiger partial charge on any atom is 0.315 e. The highest BCUT2D eigenvalue weighted by Crippen LogP contribution is 2.35. The van der Waals surface area contributed by atoms with E-state index in [1.54, 1.807) is 0 Å². The lowest BCUT2D eigenvalue weighted by Gasteiger charge is -2.20. The molecule has 0 radical (unpaired) electrons. The molecule has 1 aromatic heterocycles. The predicted molar refractivity (Wildman–Crippen MR) is 92.7 cm³/mol. The normalized spacial score (nSPS) is 19.0. The van der Waals surface area contributed by atoms with E-state index in [4.69, 9.17) is 4.74 Å². The molecule has 4 rings (SSSR count). The van der Waals surface area contributed by atoms with Crippen molar-refractivity contribution in [2.75, 3.05) is 13.2 Å². The Balaban J connectivity index is 1.26. The molecular weight excluding hydrogens is 318 g/mol. The first-order valence-electron chi connectivity index (χ1n) is 8.89. The van der Waals surface area contributed by atoms with Crippen LogP contribution < -0.4 is 15.4 Å². The number of nitrogens with one attached hydrogen (secondary N) is 2. The lowest BCUT2D eigenvalue weighted by molar-refractivity contribution is 0.233. The maximum absolute atomic E-state index is 12.2. The number of hydrogen-bond donors (Lipinski definition) is 2. The van der Waals surface area contributed by atoms with Crippen LogP contribution in [0.15, 0.2) is 24.3 Å². The number of carbonyl (C=O) groups excluding carboxylic acids is 1. The van der Waals surface area contributed by atoms with E-state index >= 15 is 0 Å². The van der Waals surface area contributed by atoms with E-state index in [1.807, 2.05) is 25.1 Å². The summed E-state index contributed by atoms with van der Waals surface area (Å²) in [5, 5.41) is 14.3. The third-order valence-corrected chi connectivity index (χ3v) is 5.02. The first-order valence-corrected chi connectivity index (χ1v) is 8.89. The van der Waals surface area contributed by atoms with Gasteiger partial charge in [-0.1, -0.05) is 18.2 Å². The Hall–Kier alpha value is -2.57. The minimum Gasteiger partial charge on any atom is -0.493 e. The van der Waals surface area contributed by atoms with Gasteiger partial charge in [0.1, 0.15) is 17.4 Å². The average Bonchev–Trinajstić information content (AvgIpc) is 3.30. The van der Waals surface area contributed by atoms with Crippen LogP contribution in [0.25, 0.3) is 0 Å². The van der Waals surface area contributed by atoms with Crippen LogP contribution in [0.3, 0.4) is 0 Å². The summed E-state index contributed by atoms with van der Waals surface area (Å²) in [5.41, 5.74) is 1.16. The molecule has 0 aliphatic carbocycles. The van der Waals surface area contributed by atoms with E-state index in [0.29, 0.717) is 19.6 Å². The summed E-state index contributed by atoms with van der Waals surface area (Å²) in [5.74, 6) is 3.12. The molecule has 2 N–H and O–H groups in total. The van der Waals surface area contributed by atoms with E-state index in [-0.39, 0.29) is 18.0 Å². The Labute approximate surface area is 146 Å². The lowest BCUT2D eigenvalue weighted by Crippen LogP contribution is -2.44. The smallest absolute Gasteiger partial charge is 0.315 e. The number of rotatable bonds is 5. The van der Waals surface area contributed by atoms with Crippen LogP contribution in [0.5, 0.6) is 5.75 Å². The standard InChI is InChI=1S/C18H23N5O2/c1-12(14-11-25-15-6-3-2-5-13(14)15)20-18(24)19-9-8-17-22-21-16-7-4-10-23(16)17/h2-3,5-6,12,14H,4,7-11H2,1H3,(H2,19,20,24)/t12-,14-/m0/s1. The van der Waals surface area contributed by atoms with E-state index < -0.39 is 0 Å². The molecule has 0 unspecified atom stereocenters. The fraction of sp³-hybridized carbons (Fsp3) is 0.500. The monoisotopic (exact) mass is 341 g/mol. The van der Waals surface area contributed by atoms with Crippen molar-refractivity contribution in [3.63, 3.8) is 0 Å². The Morgan fingerprint density at radius 3 is 3.20 bits per heavy atom. The third-order valence-electron chi connectivity index (χ3n) is 5.02. The van der Waals surface area contributed by atoms with Gasteiger partial charge in [0.15, 0.2) is 0 Å². The van der Waals surface area contributed by atoms with Crippen molar-refractivity contribution >= 4 is 6.03 Å². The average molecular weight is 341 g/mol. The highest BCUT2D eigenvalue weighted by Gasteiger charge is 2.29. The Morgan fingerprint density at radius 1 is 1.40 bits per heavy atom. The fourth-order valence-electron chi connectivity index (χ4n) is 3.64. The summed E-state index contributed by atoms with van der Waals surface area (Å²) < 4.78 is 7.86. The zero-order valence-corrected chi connectivity index (χ0v) is 14.4. The molecule has 7 nitrogen and oxygen atoms in total. The van der Waals surface area contributed by atoms with Gasteiger partial charge in [0.25, 0.3) is 0 Å². The SMILES string of the molecule is C[C@H](NC(=O)NCCc1nnc2n1CCC2)[C@@H]1COc2ccccc21. The van der Waals surface area contributed by atoms with Gasteiger partial charge in [0.2, 0.25) is 0 Å². The minimum atomic E-state index is -0.155. The van der Waals surface area contributed by atoms with Crippen LogP contribution in [0, 0.1) is 0 Å². The molecule has 1 aromatic carbocycles. The highest BCUT2D eigenvalue weighted by atomic mass is 16.5. The molecule has 7 heteroatoms. The summed E-state index contributed by atoms with van der Waals surface area (Å²) in [6.07, 6.45) is 2.84. The first-order chi connectivity index (χ1) is 12.2. The van der Waals surface area contributed by atoms with Crippen molar-refractivity contribution in [3.05, 3.63) is 41.5 Å². The highest BCUT2D eigenvalue weighted by molar-refractivity contribution is 5.74. The quantitative estimate of drug-likeness (QED) is 0.866. The summed E-state index contributed by atoms with van der Waals surface area (Å²) >= 11 is 0. The van der Waals surface area contributed by atoms with Crippen molar-refractivity contribution in [1.82, 2.24) is 25.4 Å². The van der Waals surface area contributed by atoms with Crippen LogP contribution >= 0.6 is 0 Å². The van der Waals surface area contributed by atoms with Gasteiger partial charge in [-0.05, 0) is 19.4 Å². The Kier molecular flexibility index (Phi) is 4.29. The number of aryl methyl sites for hydroxylation is 1. The molecule has 0 bridgehead atoms. The summed E-state index contributed by atoms with van der Waals surface area (Å²) in [6.45, 7) is 4.16. The van der Waals surface area contributed by atoms with Crippen molar-refractivity contribution in [2.45, 2.75) is 44.7 Å². The molecule has 0 saturated heterocycles. The van der Waals surface area contributed by atoms with Gasteiger partial charge in [0, 0.05) is 43.5 Å². The molecule has 2 aliphatic rings. The second-order valence-corrected chi connectivity index (χ2v) is 6.68. The van der Waals surface area contributed by atoms with Gasteiger partial charge < -0.3 is 19.9 Å². The first kappa shape index (κ1) is 15.9. The maximum atomic E-state index is 12.2. The zero-order valence-electron chi connectivity index (χ0n) is 14.4. The summed E-state index contributed by atoms with van der Waals surface area (Å²) in [6, 6.07) is 7.85. The third kappa shape index (κ3) is 3.18. The van der Waals surface area contributed by atoms with Crippen molar-refractivity contribution in [2.24, 2.45) is 0 Å².